The number of carbonyl (C=O) groups excluding carboxylic acids is 1. The van der Waals surface area contributed by atoms with E-state index >= 15 is 0 Å². The summed E-state index contributed by atoms with van der Waals surface area (Å²) in [5.41, 5.74) is 2.72. The highest BCUT2D eigenvalue weighted by molar-refractivity contribution is 5.95. The number of amides is 1. The monoisotopic (exact) mass is 290 g/mol. The van der Waals surface area contributed by atoms with E-state index in [9.17, 15) is 4.79 Å². The van der Waals surface area contributed by atoms with Gasteiger partial charge in [-0.15, -0.1) is 0 Å². The zero-order chi connectivity index (χ0) is 15.2. The van der Waals surface area contributed by atoms with Gasteiger partial charge in [0.2, 0.25) is 0 Å². The van der Waals surface area contributed by atoms with E-state index in [-0.39, 0.29) is 5.91 Å². The van der Waals surface area contributed by atoms with Gasteiger partial charge in [-0.1, -0.05) is 0 Å². The molecule has 21 heavy (non-hydrogen) atoms. The highest BCUT2D eigenvalue weighted by atomic mass is 16.5. The Morgan fingerprint density at radius 1 is 1.43 bits per heavy atom. The standard InChI is InChI=1S/C16H22N2O3/c1-12-10-15(16(19)17-7-5-8-20-3)13(2)18(12)11-14-6-4-9-21-14/h4,6,9-10H,5,7-8,11H2,1-3H3,(H,17,19). The van der Waals surface area contributed by atoms with Crippen LogP contribution in [0.15, 0.2) is 28.9 Å². The second-order valence-electron chi connectivity index (χ2n) is 5.05. The molecule has 2 aromatic heterocycles. The molecule has 5 heteroatoms. The van der Waals surface area contributed by atoms with Crippen LogP contribution in [0.1, 0.15) is 33.9 Å². The van der Waals surface area contributed by atoms with Crippen LogP contribution in [0.4, 0.5) is 0 Å². The van der Waals surface area contributed by atoms with Gasteiger partial charge in [0.05, 0.1) is 18.4 Å². The van der Waals surface area contributed by atoms with Gasteiger partial charge in [0, 0.05) is 31.6 Å². The quantitative estimate of drug-likeness (QED) is 0.797. The smallest absolute Gasteiger partial charge is 0.253 e. The molecule has 0 aromatic carbocycles. The number of furan rings is 1. The van der Waals surface area contributed by atoms with Crippen molar-refractivity contribution >= 4 is 5.91 Å². The first-order chi connectivity index (χ1) is 10.1. The first-order valence-corrected chi connectivity index (χ1v) is 7.09. The zero-order valence-electron chi connectivity index (χ0n) is 12.8. The first-order valence-electron chi connectivity index (χ1n) is 7.09. The molecule has 0 unspecified atom stereocenters. The fraction of sp³-hybridized carbons (Fsp3) is 0.438. The molecule has 2 heterocycles. The molecule has 0 atom stereocenters. The number of hydrogen-bond donors (Lipinski definition) is 1. The molecule has 1 amide bonds. The molecule has 0 aliphatic rings. The Bertz CT molecular complexity index is 585. The summed E-state index contributed by atoms with van der Waals surface area (Å²) in [6, 6.07) is 5.72. The first kappa shape index (κ1) is 15.4. The van der Waals surface area contributed by atoms with Gasteiger partial charge in [-0.05, 0) is 38.5 Å². The van der Waals surface area contributed by atoms with E-state index in [0.717, 1.165) is 29.1 Å². The molecule has 1 N–H and O–H groups in total. The van der Waals surface area contributed by atoms with Crippen molar-refractivity contribution in [2.45, 2.75) is 26.8 Å². The van der Waals surface area contributed by atoms with Crippen LogP contribution < -0.4 is 5.32 Å². The minimum Gasteiger partial charge on any atom is -0.467 e. The molecule has 0 aliphatic heterocycles. The van der Waals surface area contributed by atoms with Gasteiger partial charge in [0.1, 0.15) is 5.76 Å². The Labute approximate surface area is 124 Å². The lowest BCUT2D eigenvalue weighted by Gasteiger charge is -2.08. The van der Waals surface area contributed by atoms with E-state index in [0.29, 0.717) is 19.7 Å². The Hall–Kier alpha value is -2.01. The normalized spacial score (nSPS) is 10.8. The summed E-state index contributed by atoms with van der Waals surface area (Å²) in [7, 11) is 1.66. The molecule has 0 saturated carbocycles. The van der Waals surface area contributed by atoms with Crippen molar-refractivity contribution in [3.63, 3.8) is 0 Å². The fourth-order valence-electron chi connectivity index (χ4n) is 2.35. The van der Waals surface area contributed by atoms with Crippen molar-refractivity contribution in [2.75, 3.05) is 20.3 Å². The minimum atomic E-state index is -0.0371. The summed E-state index contributed by atoms with van der Waals surface area (Å²) in [6.45, 7) is 5.87. The van der Waals surface area contributed by atoms with Gasteiger partial charge in [0.15, 0.2) is 0 Å². The summed E-state index contributed by atoms with van der Waals surface area (Å²) < 4.78 is 12.4. The van der Waals surface area contributed by atoms with E-state index in [1.165, 1.54) is 0 Å². The van der Waals surface area contributed by atoms with Gasteiger partial charge in [-0.2, -0.15) is 0 Å². The molecule has 0 aliphatic carbocycles. The Balaban J connectivity index is 2.05. The van der Waals surface area contributed by atoms with Crippen molar-refractivity contribution in [1.82, 2.24) is 9.88 Å². The number of hydrogen-bond acceptors (Lipinski definition) is 3. The lowest BCUT2D eigenvalue weighted by Crippen LogP contribution is -2.25. The molecule has 114 valence electrons. The molecule has 2 aromatic rings. The molecule has 2 rings (SSSR count). The Morgan fingerprint density at radius 3 is 2.90 bits per heavy atom. The number of nitrogens with zero attached hydrogens (tertiary/aromatic N) is 1. The predicted molar refractivity (Wildman–Crippen MR) is 80.5 cm³/mol. The van der Waals surface area contributed by atoms with Crippen molar-refractivity contribution in [3.8, 4) is 0 Å². The second-order valence-corrected chi connectivity index (χ2v) is 5.05. The molecule has 0 radical (unpaired) electrons. The number of aryl methyl sites for hydroxylation is 1. The summed E-state index contributed by atoms with van der Waals surface area (Å²) in [5, 5.41) is 2.92. The maximum Gasteiger partial charge on any atom is 0.253 e. The predicted octanol–water partition coefficient (Wildman–Crippen LogP) is 2.51. The van der Waals surface area contributed by atoms with Crippen LogP contribution in [0.2, 0.25) is 0 Å². The minimum absolute atomic E-state index is 0.0371. The number of rotatable bonds is 7. The number of ether oxygens (including phenoxy) is 1. The van der Waals surface area contributed by atoms with E-state index in [4.69, 9.17) is 9.15 Å². The molecule has 0 spiro atoms. The third kappa shape index (κ3) is 3.76. The van der Waals surface area contributed by atoms with Crippen molar-refractivity contribution in [1.29, 1.82) is 0 Å². The van der Waals surface area contributed by atoms with E-state index < -0.39 is 0 Å². The van der Waals surface area contributed by atoms with Crippen molar-refractivity contribution in [3.05, 3.63) is 47.2 Å². The summed E-state index contributed by atoms with van der Waals surface area (Å²) in [5.74, 6) is 0.841. The van der Waals surface area contributed by atoms with Crippen LogP contribution in [0, 0.1) is 13.8 Å². The molecule has 0 fully saturated rings. The van der Waals surface area contributed by atoms with E-state index in [2.05, 4.69) is 9.88 Å². The average Bonchev–Trinajstić information content (AvgIpc) is 3.07. The van der Waals surface area contributed by atoms with Crippen molar-refractivity contribution < 1.29 is 13.9 Å². The third-order valence-corrected chi connectivity index (χ3v) is 3.52. The third-order valence-electron chi connectivity index (χ3n) is 3.52. The van der Waals surface area contributed by atoms with Gasteiger partial charge in [-0.3, -0.25) is 4.79 Å². The van der Waals surface area contributed by atoms with Crippen molar-refractivity contribution in [2.24, 2.45) is 0 Å². The average molecular weight is 290 g/mol. The van der Waals surface area contributed by atoms with Crippen LogP contribution in [0.25, 0.3) is 0 Å². The Morgan fingerprint density at radius 2 is 2.24 bits per heavy atom. The second kappa shape index (κ2) is 7.13. The maximum absolute atomic E-state index is 12.2. The van der Waals surface area contributed by atoms with E-state index in [1.54, 1.807) is 13.4 Å². The topological polar surface area (TPSA) is 56.4 Å². The van der Waals surface area contributed by atoms with Crippen LogP contribution in [0.3, 0.4) is 0 Å². The van der Waals surface area contributed by atoms with Crippen LogP contribution in [0.5, 0.6) is 0 Å². The number of aromatic nitrogens is 1. The largest absolute Gasteiger partial charge is 0.467 e. The molecular weight excluding hydrogens is 268 g/mol. The Kier molecular flexibility index (Phi) is 5.22. The lowest BCUT2D eigenvalue weighted by molar-refractivity contribution is 0.0948. The number of carbonyl (C=O) groups is 1. The van der Waals surface area contributed by atoms with Crippen LogP contribution in [-0.4, -0.2) is 30.7 Å². The lowest BCUT2D eigenvalue weighted by atomic mass is 10.2. The van der Waals surface area contributed by atoms with Gasteiger partial charge < -0.3 is 19.0 Å². The van der Waals surface area contributed by atoms with Gasteiger partial charge >= 0.3 is 0 Å². The molecular formula is C16H22N2O3. The highest BCUT2D eigenvalue weighted by Gasteiger charge is 2.15. The molecule has 5 nitrogen and oxygen atoms in total. The van der Waals surface area contributed by atoms with Gasteiger partial charge in [0.25, 0.3) is 5.91 Å². The SMILES string of the molecule is COCCCNC(=O)c1cc(C)n(Cc2ccco2)c1C. The molecule has 0 bridgehead atoms. The summed E-state index contributed by atoms with van der Waals surface area (Å²) in [6.07, 6.45) is 2.47. The number of nitrogens with one attached hydrogen (secondary N) is 1. The fourth-order valence-corrected chi connectivity index (χ4v) is 2.35. The number of methoxy groups -OCH3 is 1. The summed E-state index contributed by atoms with van der Waals surface area (Å²) in [4.78, 5) is 12.2. The van der Waals surface area contributed by atoms with Crippen LogP contribution >= 0.6 is 0 Å². The molecule has 0 saturated heterocycles. The van der Waals surface area contributed by atoms with Crippen LogP contribution in [-0.2, 0) is 11.3 Å². The highest BCUT2D eigenvalue weighted by Crippen LogP contribution is 2.17. The van der Waals surface area contributed by atoms with E-state index in [1.807, 2.05) is 32.0 Å². The van der Waals surface area contributed by atoms with Gasteiger partial charge in [-0.25, -0.2) is 0 Å². The zero-order valence-corrected chi connectivity index (χ0v) is 12.8. The maximum atomic E-state index is 12.2. The summed E-state index contributed by atoms with van der Waals surface area (Å²) >= 11 is 0.